The number of anilines is 1. The fourth-order valence-corrected chi connectivity index (χ4v) is 2.40. The smallest absolute Gasteiger partial charge is 0.325 e. The van der Waals surface area contributed by atoms with E-state index in [9.17, 15) is 14.4 Å². The normalized spacial score (nSPS) is 17.8. The molecule has 1 unspecified atom stereocenters. The van der Waals surface area contributed by atoms with Crippen LogP contribution in [0.15, 0.2) is 24.3 Å². The molecule has 0 saturated carbocycles. The van der Waals surface area contributed by atoms with Gasteiger partial charge in [0.05, 0.1) is 0 Å². The Bertz CT molecular complexity index is 598. The number of nitrogens with one attached hydrogen (secondary N) is 2. The third kappa shape index (κ3) is 3.63. The monoisotopic (exact) mass is 303 g/mol. The van der Waals surface area contributed by atoms with E-state index in [1.165, 1.54) is 0 Å². The van der Waals surface area contributed by atoms with Gasteiger partial charge in [0.15, 0.2) is 0 Å². The van der Waals surface area contributed by atoms with Crippen molar-refractivity contribution in [1.29, 1.82) is 0 Å². The second kappa shape index (κ2) is 6.60. The van der Waals surface area contributed by atoms with Crippen molar-refractivity contribution < 1.29 is 14.4 Å². The van der Waals surface area contributed by atoms with Crippen LogP contribution in [-0.2, 0) is 9.59 Å². The fraction of sp³-hybridized carbons (Fsp3) is 0.438. The quantitative estimate of drug-likeness (QED) is 0.815. The van der Waals surface area contributed by atoms with Gasteiger partial charge in [-0.05, 0) is 30.9 Å². The Hall–Kier alpha value is -2.37. The highest BCUT2D eigenvalue weighted by atomic mass is 16.2. The number of hydrogen-bond acceptors (Lipinski definition) is 3. The molecule has 1 atom stereocenters. The molecule has 6 nitrogen and oxygen atoms in total. The van der Waals surface area contributed by atoms with E-state index >= 15 is 0 Å². The highest BCUT2D eigenvalue weighted by molar-refractivity contribution is 6.07. The minimum absolute atomic E-state index is 0.270. The Kier molecular flexibility index (Phi) is 4.80. The number of carbonyl (C=O) groups excluding carboxylic acids is 3. The molecule has 22 heavy (non-hydrogen) atoms. The van der Waals surface area contributed by atoms with Crippen molar-refractivity contribution in [1.82, 2.24) is 10.2 Å². The maximum Gasteiger partial charge on any atom is 0.325 e. The van der Waals surface area contributed by atoms with E-state index in [0.29, 0.717) is 12.1 Å². The van der Waals surface area contributed by atoms with E-state index in [-0.39, 0.29) is 24.3 Å². The SMILES string of the molecule is Cc1ccccc1NC(=O)CN1C(=O)NC(CC(C)C)C1=O. The molecule has 1 aliphatic rings. The summed E-state index contributed by atoms with van der Waals surface area (Å²) in [5.74, 6) is -0.434. The van der Waals surface area contributed by atoms with Gasteiger partial charge >= 0.3 is 6.03 Å². The number of urea groups is 1. The van der Waals surface area contributed by atoms with E-state index in [0.717, 1.165) is 10.5 Å². The Morgan fingerprint density at radius 1 is 1.32 bits per heavy atom. The zero-order chi connectivity index (χ0) is 16.3. The molecule has 1 aromatic rings. The minimum atomic E-state index is -0.529. The summed E-state index contributed by atoms with van der Waals surface area (Å²) in [6.45, 7) is 5.57. The number of benzene rings is 1. The highest BCUT2D eigenvalue weighted by Crippen LogP contribution is 2.16. The molecule has 0 aliphatic carbocycles. The third-order valence-corrected chi connectivity index (χ3v) is 3.53. The van der Waals surface area contributed by atoms with Gasteiger partial charge in [0.1, 0.15) is 12.6 Å². The van der Waals surface area contributed by atoms with Gasteiger partial charge in [0.25, 0.3) is 5.91 Å². The lowest BCUT2D eigenvalue weighted by Crippen LogP contribution is -2.38. The second-order valence-electron chi connectivity index (χ2n) is 5.92. The van der Waals surface area contributed by atoms with Crippen LogP contribution in [0.4, 0.5) is 10.5 Å². The average molecular weight is 303 g/mol. The van der Waals surface area contributed by atoms with Crippen LogP contribution in [0.3, 0.4) is 0 Å². The molecule has 0 radical (unpaired) electrons. The van der Waals surface area contributed by atoms with Gasteiger partial charge < -0.3 is 10.6 Å². The molecular weight excluding hydrogens is 282 g/mol. The zero-order valence-electron chi connectivity index (χ0n) is 13.1. The lowest BCUT2D eigenvalue weighted by Gasteiger charge is -2.14. The highest BCUT2D eigenvalue weighted by Gasteiger charge is 2.38. The first-order valence-electron chi connectivity index (χ1n) is 7.36. The molecule has 2 N–H and O–H groups in total. The van der Waals surface area contributed by atoms with Crippen LogP contribution < -0.4 is 10.6 Å². The summed E-state index contributed by atoms with van der Waals surface area (Å²) in [5, 5.41) is 5.34. The Balaban J connectivity index is 1.98. The van der Waals surface area contributed by atoms with Crippen molar-refractivity contribution in [2.24, 2.45) is 5.92 Å². The van der Waals surface area contributed by atoms with Crippen LogP contribution in [0.2, 0.25) is 0 Å². The van der Waals surface area contributed by atoms with Gasteiger partial charge in [0, 0.05) is 5.69 Å². The molecular formula is C16H21N3O3. The van der Waals surface area contributed by atoms with E-state index in [4.69, 9.17) is 0 Å². The van der Waals surface area contributed by atoms with E-state index in [1.54, 1.807) is 6.07 Å². The van der Waals surface area contributed by atoms with Crippen molar-refractivity contribution >= 4 is 23.5 Å². The molecule has 0 aromatic heterocycles. The first-order valence-corrected chi connectivity index (χ1v) is 7.36. The molecule has 2 rings (SSSR count). The first-order chi connectivity index (χ1) is 10.4. The van der Waals surface area contributed by atoms with Gasteiger partial charge in [0.2, 0.25) is 5.91 Å². The lowest BCUT2D eigenvalue weighted by molar-refractivity contribution is -0.131. The summed E-state index contributed by atoms with van der Waals surface area (Å²) in [6, 6.07) is 6.31. The number of para-hydroxylation sites is 1. The fourth-order valence-electron chi connectivity index (χ4n) is 2.40. The van der Waals surface area contributed by atoms with Crippen molar-refractivity contribution in [2.75, 3.05) is 11.9 Å². The summed E-state index contributed by atoms with van der Waals surface area (Å²) in [7, 11) is 0. The molecule has 1 heterocycles. The predicted molar refractivity (Wildman–Crippen MR) is 83.3 cm³/mol. The summed E-state index contributed by atoms with van der Waals surface area (Å²) < 4.78 is 0. The summed E-state index contributed by atoms with van der Waals surface area (Å²) in [6.07, 6.45) is 0.570. The number of carbonyl (C=O) groups is 3. The van der Waals surface area contributed by atoms with Crippen LogP contribution in [-0.4, -0.2) is 35.3 Å². The average Bonchev–Trinajstić information content (AvgIpc) is 2.68. The van der Waals surface area contributed by atoms with Gasteiger partial charge in [-0.2, -0.15) is 0 Å². The van der Waals surface area contributed by atoms with Crippen molar-refractivity contribution in [3.05, 3.63) is 29.8 Å². The van der Waals surface area contributed by atoms with Crippen LogP contribution >= 0.6 is 0 Å². The molecule has 0 bridgehead atoms. The largest absolute Gasteiger partial charge is 0.326 e. The van der Waals surface area contributed by atoms with Crippen LogP contribution in [0, 0.1) is 12.8 Å². The number of nitrogens with zero attached hydrogens (tertiary/aromatic N) is 1. The molecule has 1 fully saturated rings. The van der Waals surface area contributed by atoms with Crippen LogP contribution in [0.25, 0.3) is 0 Å². The van der Waals surface area contributed by atoms with E-state index < -0.39 is 12.1 Å². The summed E-state index contributed by atoms with van der Waals surface area (Å²) >= 11 is 0. The molecule has 0 spiro atoms. The third-order valence-electron chi connectivity index (χ3n) is 3.53. The topological polar surface area (TPSA) is 78.5 Å². The van der Waals surface area contributed by atoms with E-state index in [2.05, 4.69) is 10.6 Å². The number of aryl methyl sites for hydroxylation is 1. The van der Waals surface area contributed by atoms with Gasteiger partial charge in [-0.3, -0.25) is 14.5 Å². The van der Waals surface area contributed by atoms with Crippen LogP contribution in [0.1, 0.15) is 25.8 Å². The lowest BCUT2D eigenvalue weighted by atomic mass is 10.0. The van der Waals surface area contributed by atoms with E-state index in [1.807, 2.05) is 39.0 Å². The van der Waals surface area contributed by atoms with Gasteiger partial charge in [-0.1, -0.05) is 32.0 Å². The summed E-state index contributed by atoms with van der Waals surface area (Å²) in [4.78, 5) is 37.0. The maximum absolute atomic E-state index is 12.2. The maximum atomic E-state index is 12.2. The van der Waals surface area contributed by atoms with Crippen molar-refractivity contribution in [3.63, 3.8) is 0 Å². The molecule has 1 aromatic carbocycles. The second-order valence-corrected chi connectivity index (χ2v) is 5.92. The summed E-state index contributed by atoms with van der Waals surface area (Å²) in [5.41, 5.74) is 1.60. The Morgan fingerprint density at radius 3 is 2.64 bits per heavy atom. The molecule has 1 aliphatic heterocycles. The molecule has 118 valence electrons. The zero-order valence-corrected chi connectivity index (χ0v) is 13.1. The standard InChI is InChI=1S/C16H21N3O3/c1-10(2)8-13-15(21)19(16(22)18-13)9-14(20)17-12-7-5-4-6-11(12)3/h4-7,10,13H,8-9H2,1-3H3,(H,17,20)(H,18,22). The van der Waals surface area contributed by atoms with Gasteiger partial charge in [-0.15, -0.1) is 0 Å². The van der Waals surface area contributed by atoms with Crippen LogP contribution in [0.5, 0.6) is 0 Å². The minimum Gasteiger partial charge on any atom is -0.326 e. The number of rotatable bonds is 5. The molecule has 1 saturated heterocycles. The number of imide groups is 1. The number of amides is 4. The van der Waals surface area contributed by atoms with Gasteiger partial charge in [-0.25, -0.2) is 4.79 Å². The molecule has 6 heteroatoms. The predicted octanol–water partition coefficient (Wildman–Crippen LogP) is 1.90. The number of hydrogen-bond donors (Lipinski definition) is 2. The first kappa shape index (κ1) is 16.0. The van der Waals surface area contributed by atoms with Crippen molar-refractivity contribution in [2.45, 2.75) is 33.2 Å². The van der Waals surface area contributed by atoms with Crippen molar-refractivity contribution in [3.8, 4) is 0 Å². The Morgan fingerprint density at radius 2 is 2.00 bits per heavy atom. The molecule has 4 amide bonds. The Labute approximate surface area is 129 Å².